The Labute approximate surface area is 275 Å². The maximum Gasteiger partial charge on any atom is 0.338 e. The van der Waals surface area contributed by atoms with E-state index in [4.69, 9.17) is 30.8 Å². The molecule has 3 heterocycles. The predicted molar refractivity (Wildman–Crippen MR) is 182 cm³/mol. The Kier molecular flexibility index (Phi) is 9.15. The molecular formula is C36H34ClN3O5S. The van der Waals surface area contributed by atoms with Crippen LogP contribution in [0.4, 0.5) is 0 Å². The second-order valence-corrected chi connectivity index (χ2v) is 12.1. The van der Waals surface area contributed by atoms with Gasteiger partial charge >= 0.3 is 5.97 Å². The summed E-state index contributed by atoms with van der Waals surface area (Å²) in [5.74, 6) is 0.609. The van der Waals surface area contributed by atoms with Gasteiger partial charge in [-0.05, 0) is 69.2 Å². The fourth-order valence-corrected chi connectivity index (χ4v) is 7.05. The Morgan fingerprint density at radius 2 is 1.72 bits per heavy atom. The van der Waals surface area contributed by atoms with Crippen LogP contribution in [0.3, 0.4) is 0 Å². The molecule has 0 bridgehead atoms. The van der Waals surface area contributed by atoms with Crippen LogP contribution < -0.4 is 24.4 Å². The molecule has 46 heavy (non-hydrogen) atoms. The fraction of sp³-hybridized carbons (Fsp3) is 0.250. The molecule has 3 aromatic carbocycles. The first-order chi connectivity index (χ1) is 22.3. The van der Waals surface area contributed by atoms with Crippen LogP contribution in [-0.2, 0) is 16.1 Å². The Morgan fingerprint density at radius 3 is 2.48 bits per heavy atom. The van der Waals surface area contributed by atoms with Gasteiger partial charge in [0, 0.05) is 34.2 Å². The first kappa shape index (κ1) is 31.4. The smallest absolute Gasteiger partial charge is 0.338 e. The zero-order valence-electron chi connectivity index (χ0n) is 26.1. The van der Waals surface area contributed by atoms with E-state index in [1.807, 2.05) is 86.8 Å². The van der Waals surface area contributed by atoms with Gasteiger partial charge in [-0.2, -0.15) is 0 Å². The lowest BCUT2D eigenvalue weighted by Crippen LogP contribution is -2.40. The van der Waals surface area contributed by atoms with E-state index in [1.165, 1.54) is 11.3 Å². The van der Waals surface area contributed by atoms with Crippen LogP contribution >= 0.6 is 22.9 Å². The predicted octanol–water partition coefficient (Wildman–Crippen LogP) is 6.25. The Morgan fingerprint density at radius 1 is 0.978 bits per heavy atom. The lowest BCUT2D eigenvalue weighted by atomic mass is 9.95. The molecular weight excluding hydrogens is 622 g/mol. The minimum atomic E-state index is -0.770. The fourth-order valence-electron chi connectivity index (χ4n) is 5.82. The molecule has 0 saturated heterocycles. The summed E-state index contributed by atoms with van der Waals surface area (Å²) in [6.45, 7) is 9.00. The first-order valence-corrected chi connectivity index (χ1v) is 16.4. The highest BCUT2D eigenvalue weighted by atomic mass is 35.5. The van der Waals surface area contributed by atoms with Crippen LogP contribution in [0.2, 0.25) is 5.02 Å². The number of benzene rings is 3. The largest absolute Gasteiger partial charge is 0.490 e. The summed E-state index contributed by atoms with van der Waals surface area (Å²) in [5, 5.41) is 1.71. The zero-order valence-corrected chi connectivity index (χ0v) is 27.7. The molecule has 0 aliphatic carbocycles. The van der Waals surface area contributed by atoms with Gasteiger partial charge in [0.15, 0.2) is 16.3 Å². The quantitative estimate of drug-likeness (QED) is 0.166. The second kappa shape index (κ2) is 13.4. The highest BCUT2D eigenvalue weighted by Gasteiger charge is 2.34. The van der Waals surface area contributed by atoms with E-state index in [-0.39, 0.29) is 12.2 Å². The van der Waals surface area contributed by atoms with E-state index in [2.05, 4.69) is 10.6 Å². The van der Waals surface area contributed by atoms with Crippen LogP contribution in [-0.4, -0.2) is 34.9 Å². The van der Waals surface area contributed by atoms with Crippen molar-refractivity contribution in [1.82, 2.24) is 9.13 Å². The number of halogens is 1. The van der Waals surface area contributed by atoms with E-state index in [9.17, 15) is 9.59 Å². The van der Waals surface area contributed by atoms with Gasteiger partial charge in [-0.25, -0.2) is 9.79 Å². The number of carbonyl (C=O) groups excluding carboxylic acids is 1. The monoisotopic (exact) mass is 655 g/mol. The van der Waals surface area contributed by atoms with Gasteiger partial charge < -0.3 is 18.8 Å². The normalized spacial score (nSPS) is 14.7. The highest BCUT2D eigenvalue weighted by molar-refractivity contribution is 7.07. The molecule has 5 aromatic rings. The SMILES string of the molecule is CCOC(=O)C1=C(C)N=c2sc(=Cc3cn(Cc4ccccc4Cl)c4ccccc34)c(=O)n2C1c1ccc(OCC)c(OCC)c1. The van der Waals surface area contributed by atoms with Crippen molar-refractivity contribution in [2.45, 2.75) is 40.3 Å². The van der Waals surface area contributed by atoms with E-state index in [1.54, 1.807) is 18.4 Å². The van der Waals surface area contributed by atoms with E-state index in [0.717, 1.165) is 22.0 Å². The number of thiazole rings is 1. The third-order valence-corrected chi connectivity index (χ3v) is 9.16. The number of nitrogens with zero attached hydrogens (tertiary/aromatic N) is 3. The highest BCUT2D eigenvalue weighted by Crippen LogP contribution is 2.36. The summed E-state index contributed by atoms with van der Waals surface area (Å²) < 4.78 is 21.4. The molecule has 10 heteroatoms. The van der Waals surface area contributed by atoms with Crippen molar-refractivity contribution < 1.29 is 19.0 Å². The van der Waals surface area contributed by atoms with Gasteiger partial charge in [0.1, 0.15) is 0 Å². The van der Waals surface area contributed by atoms with Gasteiger partial charge in [-0.15, -0.1) is 0 Å². The number of hydrogen-bond acceptors (Lipinski definition) is 7. The molecule has 0 spiro atoms. The number of rotatable bonds is 10. The Bertz CT molecular complexity index is 2160. The van der Waals surface area contributed by atoms with Crippen molar-refractivity contribution >= 4 is 45.9 Å². The first-order valence-electron chi connectivity index (χ1n) is 15.2. The lowest BCUT2D eigenvalue weighted by Gasteiger charge is -2.25. The second-order valence-electron chi connectivity index (χ2n) is 10.7. The molecule has 1 atom stereocenters. The van der Waals surface area contributed by atoms with Crippen LogP contribution in [0.1, 0.15) is 50.4 Å². The average molecular weight is 656 g/mol. The summed E-state index contributed by atoms with van der Waals surface area (Å²) >= 11 is 7.79. The van der Waals surface area contributed by atoms with E-state index < -0.39 is 12.0 Å². The van der Waals surface area contributed by atoms with E-state index in [0.29, 0.717) is 62.4 Å². The number of fused-ring (bicyclic) bond motifs is 2. The van der Waals surface area contributed by atoms with Gasteiger partial charge in [0.2, 0.25) is 0 Å². The number of allylic oxidation sites excluding steroid dienone is 1. The topological polar surface area (TPSA) is 84.1 Å². The molecule has 6 rings (SSSR count). The van der Waals surface area contributed by atoms with Crippen LogP contribution in [0, 0.1) is 0 Å². The maximum atomic E-state index is 14.3. The standard InChI is InChI=1S/C36H34ClN3O5S/c1-5-43-29-17-16-23(18-30(29)44-6-2)33-32(35(42)45-7-3)22(4)38-36-40(33)34(41)31(46-36)19-25-21-39(28-15-11-9-13-26(25)28)20-24-12-8-10-14-27(24)37/h8-19,21,33H,5-7,20H2,1-4H3. The number of carbonyl (C=O) groups is 1. The molecule has 0 saturated carbocycles. The summed E-state index contributed by atoms with van der Waals surface area (Å²) in [5.41, 5.74) is 4.16. The molecule has 236 valence electrons. The molecule has 0 fully saturated rings. The van der Waals surface area contributed by atoms with Crippen LogP contribution in [0.15, 0.2) is 94.0 Å². The van der Waals surface area contributed by atoms with Gasteiger partial charge in [0.05, 0.1) is 41.7 Å². The van der Waals surface area contributed by atoms with Crippen molar-refractivity contribution in [3.63, 3.8) is 0 Å². The zero-order chi connectivity index (χ0) is 32.4. The Hall–Kier alpha value is -4.60. The minimum Gasteiger partial charge on any atom is -0.490 e. The molecule has 1 unspecified atom stereocenters. The molecule has 0 radical (unpaired) electrons. The van der Waals surface area contributed by atoms with Crippen molar-refractivity contribution in [2.75, 3.05) is 19.8 Å². The molecule has 8 nitrogen and oxygen atoms in total. The van der Waals surface area contributed by atoms with Crippen molar-refractivity contribution in [3.8, 4) is 11.5 Å². The number of para-hydroxylation sites is 1. The Balaban J connectivity index is 1.52. The van der Waals surface area contributed by atoms with Crippen molar-refractivity contribution in [3.05, 3.63) is 126 Å². The summed E-state index contributed by atoms with van der Waals surface area (Å²) in [6.07, 6.45) is 3.94. The number of ether oxygens (including phenoxy) is 3. The molecule has 0 amide bonds. The van der Waals surface area contributed by atoms with Crippen LogP contribution in [0.25, 0.3) is 17.0 Å². The van der Waals surface area contributed by atoms with Gasteiger partial charge in [-0.1, -0.05) is 65.4 Å². The van der Waals surface area contributed by atoms with Crippen molar-refractivity contribution in [1.29, 1.82) is 0 Å². The average Bonchev–Trinajstić information content (AvgIpc) is 3.54. The summed E-state index contributed by atoms with van der Waals surface area (Å²) in [6, 6.07) is 20.6. The summed E-state index contributed by atoms with van der Waals surface area (Å²) in [7, 11) is 0. The van der Waals surface area contributed by atoms with Gasteiger partial charge in [0.25, 0.3) is 5.56 Å². The van der Waals surface area contributed by atoms with Crippen molar-refractivity contribution in [2.24, 2.45) is 4.99 Å². The van der Waals surface area contributed by atoms with Crippen LogP contribution in [0.5, 0.6) is 11.5 Å². The molecule has 1 aliphatic rings. The maximum absolute atomic E-state index is 14.3. The molecule has 2 aromatic heterocycles. The number of hydrogen-bond donors (Lipinski definition) is 0. The van der Waals surface area contributed by atoms with Gasteiger partial charge in [-0.3, -0.25) is 9.36 Å². The molecule has 1 aliphatic heterocycles. The lowest BCUT2D eigenvalue weighted by molar-refractivity contribution is -0.139. The number of aromatic nitrogens is 2. The molecule has 0 N–H and O–H groups in total. The van der Waals surface area contributed by atoms with E-state index >= 15 is 0 Å². The number of esters is 1. The summed E-state index contributed by atoms with van der Waals surface area (Å²) in [4.78, 5) is 32.9. The third kappa shape index (κ3) is 5.88. The minimum absolute atomic E-state index is 0.193. The third-order valence-electron chi connectivity index (χ3n) is 7.80.